The van der Waals surface area contributed by atoms with Crippen molar-refractivity contribution in [2.45, 2.75) is 13.0 Å². The maximum absolute atomic E-state index is 12.3. The molecule has 140 valence electrons. The number of nitrogens with zero attached hydrogens (tertiary/aromatic N) is 4. The smallest absolute Gasteiger partial charge is 0.351 e. The number of amides is 1. The van der Waals surface area contributed by atoms with Gasteiger partial charge in [-0.15, -0.1) is 16.4 Å². The average Bonchev–Trinajstić information content (AvgIpc) is 3.32. The van der Waals surface area contributed by atoms with E-state index in [0.29, 0.717) is 20.6 Å². The molecule has 3 rings (SSSR count). The third kappa shape index (κ3) is 4.62. The molecule has 11 heteroatoms. The fraction of sp³-hybridized carbons (Fsp3) is 0.188. The zero-order chi connectivity index (χ0) is 19.4. The monoisotopic (exact) mass is 425 g/mol. The Balaban J connectivity index is 1.57. The molecular formula is C16H13Cl2N5O3S. The number of hydrogen-bond donors (Lipinski definition) is 1. The van der Waals surface area contributed by atoms with Gasteiger partial charge >= 0.3 is 5.97 Å². The van der Waals surface area contributed by atoms with Gasteiger partial charge in [-0.1, -0.05) is 29.3 Å². The Labute approximate surface area is 168 Å². The summed E-state index contributed by atoms with van der Waals surface area (Å²) in [5, 5.41) is 16.1. The van der Waals surface area contributed by atoms with Crippen LogP contribution < -0.4 is 5.32 Å². The fourth-order valence-electron chi connectivity index (χ4n) is 2.25. The quantitative estimate of drug-likeness (QED) is 0.609. The van der Waals surface area contributed by atoms with Gasteiger partial charge in [0.05, 0.1) is 21.8 Å². The summed E-state index contributed by atoms with van der Waals surface area (Å²) >= 11 is 13.0. The van der Waals surface area contributed by atoms with Crippen molar-refractivity contribution < 1.29 is 14.3 Å². The van der Waals surface area contributed by atoms with Crippen LogP contribution in [-0.4, -0.2) is 38.7 Å². The maximum atomic E-state index is 12.3. The first kappa shape index (κ1) is 19.3. The zero-order valence-electron chi connectivity index (χ0n) is 13.9. The Morgan fingerprint density at radius 2 is 2.11 bits per heavy atom. The van der Waals surface area contributed by atoms with Gasteiger partial charge in [-0.2, -0.15) is 4.68 Å². The van der Waals surface area contributed by atoms with Gasteiger partial charge in [0.2, 0.25) is 0 Å². The summed E-state index contributed by atoms with van der Waals surface area (Å²) < 4.78 is 6.44. The number of ether oxygens (including phenoxy) is 1. The highest BCUT2D eigenvalue weighted by atomic mass is 35.5. The molecule has 0 aliphatic heterocycles. The number of carbonyl (C=O) groups excluding carboxylic acids is 2. The maximum Gasteiger partial charge on any atom is 0.351 e. The second-order valence-electron chi connectivity index (χ2n) is 5.43. The largest absolute Gasteiger partial charge is 0.451 e. The van der Waals surface area contributed by atoms with Crippen LogP contribution in [0.5, 0.6) is 0 Å². The number of aromatic nitrogens is 4. The Kier molecular flexibility index (Phi) is 6.04. The number of tetrazole rings is 1. The van der Waals surface area contributed by atoms with E-state index in [4.69, 9.17) is 27.9 Å². The lowest BCUT2D eigenvalue weighted by Gasteiger charge is -2.15. The Bertz CT molecular complexity index is 961. The van der Waals surface area contributed by atoms with E-state index in [2.05, 4.69) is 20.8 Å². The summed E-state index contributed by atoms with van der Waals surface area (Å²) in [7, 11) is 0. The van der Waals surface area contributed by atoms with Gasteiger partial charge in [-0.05, 0) is 46.5 Å². The molecule has 0 saturated heterocycles. The molecule has 0 spiro atoms. The molecule has 2 aromatic heterocycles. The molecule has 1 N–H and O–H groups in total. The van der Waals surface area contributed by atoms with Gasteiger partial charge < -0.3 is 10.1 Å². The van der Waals surface area contributed by atoms with Crippen LogP contribution in [0.1, 0.15) is 28.2 Å². The minimum atomic E-state index is -0.632. The first-order valence-electron chi connectivity index (χ1n) is 7.68. The molecule has 0 saturated carbocycles. The summed E-state index contributed by atoms with van der Waals surface area (Å²) in [6.45, 7) is 1.37. The van der Waals surface area contributed by atoms with Crippen LogP contribution >= 0.6 is 34.5 Å². The summed E-state index contributed by atoms with van der Waals surface area (Å²) in [5.74, 6) is -1.07. The van der Waals surface area contributed by atoms with Crippen LogP contribution in [-0.2, 0) is 9.53 Å². The van der Waals surface area contributed by atoms with E-state index in [1.54, 1.807) is 36.6 Å². The van der Waals surface area contributed by atoms with Crippen LogP contribution in [0.2, 0.25) is 10.0 Å². The number of carbonyl (C=O) groups is 2. The normalized spacial score (nSPS) is 11.8. The number of rotatable bonds is 6. The third-order valence-corrected chi connectivity index (χ3v) is 5.20. The molecule has 0 fully saturated rings. The SMILES string of the molecule is CC(NC(=O)COC(=O)c1sccc1-n1cnnn1)c1ccc(Cl)c(Cl)c1. The van der Waals surface area contributed by atoms with E-state index in [-0.39, 0.29) is 6.04 Å². The number of thiophene rings is 1. The van der Waals surface area contributed by atoms with Crippen molar-refractivity contribution in [3.05, 3.63) is 56.5 Å². The Hall–Kier alpha value is -2.49. The molecule has 1 atom stereocenters. The van der Waals surface area contributed by atoms with E-state index in [9.17, 15) is 9.59 Å². The van der Waals surface area contributed by atoms with Gasteiger partial charge in [0.1, 0.15) is 11.2 Å². The first-order chi connectivity index (χ1) is 13.0. The van der Waals surface area contributed by atoms with Crippen molar-refractivity contribution in [3.8, 4) is 5.69 Å². The number of benzene rings is 1. The molecule has 3 aromatic rings. The minimum Gasteiger partial charge on any atom is -0.451 e. The highest BCUT2D eigenvalue weighted by molar-refractivity contribution is 7.12. The highest BCUT2D eigenvalue weighted by Crippen LogP contribution is 2.25. The Morgan fingerprint density at radius 1 is 1.30 bits per heavy atom. The number of nitrogens with one attached hydrogen (secondary N) is 1. The molecule has 1 unspecified atom stereocenters. The molecule has 1 amide bonds. The minimum absolute atomic E-state index is 0.299. The van der Waals surface area contributed by atoms with E-state index < -0.39 is 18.5 Å². The van der Waals surface area contributed by atoms with Gasteiger partial charge in [-0.25, -0.2) is 4.79 Å². The van der Waals surface area contributed by atoms with E-state index in [0.717, 1.165) is 5.56 Å². The molecule has 0 aliphatic rings. The summed E-state index contributed by atoms with van der Waals surface area (Å²) in [6.07, 6.45) is 1.37. The van der Waals surface area contributed by atoms with Crippen molar-refractivity contribution in [1.29, 1.82) is 0 Å². The lowest BCUT2D eigenvalue weighted by molar-refractivity contribution is -0.124. The van der Waals surface area contributed by atoms with Gasteiger partial charge in [0, 0.05) is 0 Å². The average molecular weight is 426 g/mol. The molecule has 8 nitrogen and oxygen atoms in total. The topological polar surface area (TPSA) is 99.0 Å². The Morgan fingerprint density at radius 3 is 2.81 bits per heavy atom. The van der Waals surface area contributed by atoms with Gasteiger partial charge in [0.25, 0.3) is 5.91 Å². The highest BCUT2D eigenvalue weighted by Gasteiger charge is 2.19. The number of esters is 1. The second kappa shape index (κ2) is 8.47. The third-order valence-electron chi connectivity index (χ3n) is 3.58. The van der Waals surface area contributed by atoms with Gasteiger partial charge in [-0.3, -0.25) is 4.79 Å². The molecule has 0 aliphatic carbocycles. The first-order valence-corrected chi connectivity index (χ1v) is 9.31. The van der Waals surface area contributed by atoms with Crippen molar-refractivity contribution in [2.75, 3.05) is 6.61 Å². The van der Waals surface area contributed by atoms with Crippen molar-refractivity contribution in [2.24, 2.45) is 0 Å². The fourth-order valence-corrected chi connectivity index (χ4v) is 3.33. The molecule has 0 bridgehead atoms. The van der Waals surface area contributed by atoms with E-state index in [1.165, 1.54) is 22.3 Å². The van der Waals surface area contributed by atoms with Crippen molar-refractivity contribution in [3.63, 3.8) is 0 Å². The standard InChI is InChI=1S/C16H13Cl2N5O3S/c1-9(10-2-3-11(17)12(18)6-10)20-14(24)7-26-16(25)15-13(4-5-27-15)23-8-19-21-22-23/h2-6,8-9H,7H2,1H3,(H,20,24). The lowest BCUT2D eigenvalue weighted by Crippen LogP contribution is -2.31. The van der Waals surface area contributed by atoms with Crippen LogP contribution in [0.15, 0.2) is 36.0 Å². The summed E-state index contributed by atoms with van der Waals surface area (Å²) in [5.41, 5.74) is 1.27. The van der Waals surface area contributed by atoms with Crippen molar-refractivity contribution in [1.82, 2.24) is 25.5 Å². The van der Waals surface area contributed by atoms with Crippen LogP contribution in [0.25, 0.3) is 5.69 Å². The predicted molar refractivity (Wildman–Crippen MR) is 100 cm³/mol. The predicted octanol–water partition coefficient (Wildman–Crippen LogP) is 3.06. The molecule has 1 aromatic carbocycles. The van der Waals surface area contributed by atoms with Crippen molar-refractivity contribution >= 4 is 46.4 Å². The number of hydrogen-bond acceptors (Lipinski definition) is 7. The van der Waals surface area contributed by atoms with Crippen LogP contribution in [0.3, 0.4) is 0 Å². The van der Waals surface area contributed by atoms with E-state index in [1.807, 2.05) is 0 Å². The molecule has 2 heterocycles. The lowest BCUT2D eigenvalue weighted by atomic mass is 10.1. The summed E-state index contributed by atoms with van der Waals surface area (Å²) in [6, 6.07) is 6.44. The van der Waals surface area contributed by atoms with Gasteiger partial charge in [0.15, 0.2) is 6.61 Å². The van der Waals surface area contributed by atoms with Crippen LogP contribution in [0, 0.1) is 0 Å². The van der Waals surface area contributed by atoms with E-state index >= 15 is 0 Å². The second-order valence-corrected chi connectivity index (χ2v) is 7.16. The zero-order valence-corrected chi connectivity index (χ0v) is 16.3. The molecule has 27 heavy (non-hydrogen) atoms. The molecule has 0 radical (unpaired) electrons. The number of halogens is 2. The summed E-state index contributed by atoms with van der Waals surface area (Å²) in [4.78, 5) is 24.6. The van der Waals surface area contributed by atoms with Crippen LogP contribution in [0.4, 0.5) is 0 Å². The molecular weight excluding hydrogens is 413 g/mol.